The first-order chi connectivity index (χ1) is 17.5. The summed E-state index contributed by atoms with van der Waals surface area (Å²) in [4.78, 5) is 30.2. The van der Waals surface area contributed by atoms with Gasteiger partial charge in [0.05, 0.1) is 5.82 Å². The lowest BCUT2D eigenvalue weighted by molar-refractivity contribution is -0.129. The average molecular weight is 509 g/mol. The van der Waals surface area contributed by atoms with Crippen molar-refractivity contribution in [3.8, 4) is 5.75 Å². The first-order valence-electron chi connectivity index (χ1n) is 12.4. The summed E-state index contributed by atoms with van der Waals surface area (Å²) in [5.41, 5.74) is 20.6. The third-order valence-corrected chi connectivity index (χ3v) is 6.26. The molecule has 0 saturated heterocycles. The normalized spacial score (nSPS) is 13.2. The zero-order valence-electron chi connectivity index (χ0n) is 22.0. The molecule has 0 aliphatic rings. The molecule has 2 aromatic rings. The van der Waals surface area contributed by atoms with Crippen LogP contribution in [-0.4, -0.2) is 41.9 Å². The van der Waals surface area contributed by atoms with Crippen LogP contribution in [0.3, 0.4) is 0 Å². The maximum atomic E-state index is 13.2. The molecule has 9 heteroatoms. The topological polar surface area (TPSA) is 169 Å². The fourth-order valence-electron chi connectivity index (χ4n) is 4.29. The van der Waals surface area contributed by atoms with Gasteiger partial charge < -0.3 is 32.9 Å². The molecular weight excluding hydrogens is 468 g/mol. The Hall–Kier alpha value is -4.01. The minimum Gasteiger partial charge on any atom is -0.508 e. The molecule has 9 N–H and O–H groups in total. The van der Waals surface area contributed by atoms with E-state index < -0.39 is 12.0 Å². The van der Waals surface area contributed by atoms with Crippen LogP contribution in [0.5, 0.6) is 5.75 Å². The number of aryl methyl sites for hydroxylation is 2. The van der Waals surface area contributed by atoms with Gasteiger partial charge in [-0.1, -0.05) is 43.8 Å². The molecule has 1 amide bonds. The standard InChI is InChI=1S/C28H40N6O3/c1-17-10-23(35)11-18(2)24(17)14-25(34-28(30)31)26(36)12-19(3)27(37)33-16-22(15-32-20(4)29)13-21-8-6-5-7-9-21/h5-11,19,22,25,32,35H,4,12-16,29H2,1-3H3,(H,33,37)(H4,30,31,34)/t19-,22?,25-/m0/s1. The van der Waals surface area contributed by atoms with Crippen molar-refractivity contribution in [2.75, 3.05) is 13.1 Å². The summed E-state index contributed by atoms with van der Waals surface area (Å²) in [6.07, 6.45) is 1.01. The maximum Gasteiger partial charge on any atom is 0.223 e. The molecule has 0 aromatic heterocycles. The molecule has 0 heterocycles. The number of phenolic OH excluding ortho intramolecular Hbond substituents is 1. The molecular formula is C28H40N6O3. The molecule has 0 aliphatic heterocycles. The number of amides is 1. The molecule has 0 bridgehead atoms. The van der Waals surface area contributed by atoms with Gasteiger partial charge in [0.25, 0.3) is 0 Å². The molecule has 37 heavy (non-hydrogen) atoms. The van der Waals surface area contributed by atoms with Crippen LogP contribution in [0.2, 0.25) is 0 Å². The Morgan fingerprint density at radius 1 is 1.00 bits per heavy atom. The summed E-state index contributed by atoms with van der Waals surface area (Å²) >= 11 is 0. The van der Waals surface area contributed by atoms with Crippen molar-refractivity contribution in [3.05, 3.63) is 77.1 Å². The van der Waals surface area contributed by atoms with Gasteiger partial charge in [0.1, 0.15) is 11.8 Å². The number of Topliss-reactive ketones (excluding diaryl/α,β-unsaturated/α-hetero) is 1. The number of nitrogens with two attached hydrogens (primary N) is 3. The largest absolute Gasteiger partial charge is 0.508 e. The van der Waals surface area contributed by atoms with Crippen LogP contribution in [-0.2, 0) is 22.4 Å². The molecule has 3 atom stereocenters. The number of aromatic hydroxyl groups is 1. The van der Waals surface area contributed by atoms with Crippen molar-refractivity contribution in [2.45, 2.75) is 46.1 Å². The van der Waals surface area contributed by atoms with Crippen LogP contribution in [0.1, 0.15) is 35.6 Å². The molecule has 0 aliphatic carbocycles. The highest BCUT2D eigenvalue weighted by Gasteiger charge is 2.25. The summed E-state index contributed by atoms with van der Waals surface area (Å²) in [5, 5.41) is 15.8. The number of aliphatic imine (C=N–C) groups is 1. The SMILES string of the molecule is C=C(N)NCC(CNC(=O)[C@@H](C)CC(=O)[C@H](Cc1c(C)cc(O)cc1C)N=C(N)N)Cc1ccccc1. The summed E-state index contributed by atoms with van der Waals surface area (Å²) in [7, 11) is 0. The summed E-state index contributed by atoms with van der Waals surface area (Å²) in [6, 6.07) is 12.4. The Labute approximate surface area is 219 Å². The summed E-state index contributed by atoms with van der Waals surface area (Å²) in [6.45, 7) is 10.1. The van der Waals surface area contributed by atoms with Crippen LogP contribution in [0.15, 0.2) is 59.9 Å². The monoisotopic (exact) mass is 508 g/mol. The lowest BCUT2D eigenvalue weighted by atomic mass is 9.91. The maximum absolute atomic E-state index is 13.2. The molecule has 0 radical (unpaired) electrons. The van der Waals surface area contributed by atoms with Crippen molar-refractivity contribution in [2.24, 2.45) is 34.0 Å². The van der Waals surface area contributed by atoms with Crippen LogP contribution >= 0.6 is 0 Å². The Morgan fingerprint density at radius 3 is 2.16 bits per heavy atom. The van der Waals surface area contributed by atoms with E-state index in [4.69, 9.17) is 17.2 Å². The van der Waals surface area contributed by atoms with Gasteiger partial charge in [0.2, 0.25) is 5.91 Å². The number of phenols is 1. The molecule has 2 rings (SSSR count). The second kappa shape index (κ2) is 13.9. The van der Waals surface area contributed by atoms with Gasteiger partial charge in [0, 0.05) is 31.8 Å². The lowest BCUT2D eigenvalue weighted by Gasteiger charge is -2.21. The summed E-state index contributed by atoms with van der Waals surface area (Å²) < 4.78 is 0. The van der Waals surface area contributed by atoms with E-state index in [-0.39, 0.29) is 42.2 Å². The van der Waals surface area contributed by atoms with E-state index in [1.54, 1.807) is 19.1 Å². The van der Waals surface area contributed by atoms with Gasteiger partial charge >= 0.3 is 0 Å². The van der Waals surface area contributed by atoms with E-state index in [2.05, 4.69) is 22.2 Å². The van der Waals surface area contributed by atoms with E-state index >= 15 is 0 Å². The molecule has 0 fully saturated rings. The van der Waals surface area contributed by atoms with E-state index in [0.717, 1.165) is 28.7 Å². The van der Waals surface area contributed by atoms with Gasteiger partial charge in [-0.2, -0.15) is 0 Å². The predicted molar refractivity (Wildman–Crippen MR) is 148 cm³/mol. The predicted octanol–water partition coefficient (Wildman–Crippen LogP) is 1.78. The number of nitrogens with one attached hydrogen (secondary N) is 2. The minimum absolute atomic E-state index is 0.00926. The molecule has 0 saturated carbocycles. The molecule has 0 spiro atoms. The Balaban J connectivity index is 2.03. The van der Waals surface area contributed by atoms with Crippen LogP contribution in [0, 0.1) is 25.7 Å². The minimum atomic E-state index is -0.826. The van der Waals surface area contributed by atoms with E-state index in [1.807, 2.05) is 44.2 Å². The third kappa shape index (κ3) is 9.87. The molecule has 200 valence electrons. The highest BCUT2D eigenvalue weighted by molar-refractivity contribution is 5.91. The van der Waals surface area contributed by atoms with Gasteiger partial charge in [-0.3, -0.25) is 9.59 Å². The second-order valence-electron chi connectivity index (χ2n) is 9.61. The van der Waals surface area contributed by atoms with Gasteiger partial charge in [-0.05, 0) is 60.6 Å². The zero-order chi connectivity index (χ0) is 27.5. The van der Waals surface area contributed by atoms with E-state index in [9.17, 15) is 14.7 Å². The molecule has 1 unspecified atom stereocenters. The summed E-state index contributed by atoms with van der Waals surface area (Å²) in [5.74, 6) is -0.616. The van der Waals surface area contributed by atoms with E-state index in [0.29, 0.717) is 18.9 Å². The Bertz CT molecular complexity index is 1090. The van der Waals surface area contributed by atoms with Gasteiger partial charge in [-0.15, -0.1) is 0 Å². The quantitative estimate of drug-likeness (QED) is 0.167. The van der Waals surface area contributed by atoms with Crippen molar-refractivity contribution < 1.29 is 14.7 Å². The van der Waals surface area contributed by atoms with Crippen molar-refractivity contribution in [1.29, 1.82) is 0 Å². The second-order valence-corrected chi connectivity index (χ2v) is 9.61. The number of hydrogen-bond acceptors (Lipinski definition) is 6. The lowest BCUT2D eigenvalue weighted by Crippen LogP contribution is -2.39. The number of rotatable bonds is 14. The number of benzene rings is 2. The first-order valence-corrected chi connectivity index (χ1v) is 12.4. The van der Waals surface area contributed by atoms with E-state index in [1.165, 1.54) is 0 Å². The zero-order valence-corrected chi connectivity index (χ0v) is 22.0. The molecule has 9 nitrogen and oxygen atoms in total. The average Bonchev–Trinajstić information content (AvgIpc) is 2.82. The fraction of sp³-hybridized carbons (Fsp3) is 0.393. The smallest absolute Gasteiger partial charge is 0.223 e. The highest BCUT2D eigenvalue weighted by atomic mass is 16.3. The van der Waals surface area contributed by atoms with Gasteiger partial charge in [-0.25, -0.2) is 4.99 Å². The molecule has 2 aromatic carbocycles. The first kappa shape index (κ1) is 29.2. The number of carbonyl (C=O) groups excluding carboxylic acids is 2. The number of ketones is 1. The van der Waals surface area contributed by atoms with Crippen molar-refractivity contribution in [3.63, 3.8) is 0 Å². The highest BCUT2D eigenvalue weighted by Crippen LogP contribution is 2.23. The van der Waals surface area contributed by atoms with Crippen molar-refractivity contribution in [1.82, 2.24) is 10.6 Å². The van der Waals surface area contributed by atoms with Crippen LogP contribution < -0.4 is 27.8 Å². The fourth-order valence-corrected chi connectivity index (χ4v) is 4.29. The number of nitrogens with zero attached hydrogens (tertiary/aromatic N) is 1. The van der Waals surface area contributed by atoms with Gasteiger partial charge in [0.15, 0.2) is 11.7 Å². The number of carbonyl (C=O) groups is 2. The Morgan fingerprint density at radius 2 is 1.59 bits per heavy atom. The number of guanidine groups is 1. The third-order valence-electron chi connectivity index (χ3n) is 6.26. The number of hydrogen-bond donors (Lipinski definition) is 6. The Kier molecular flexibility index (Phi) is 11.0. The van der Waals surface area contributed by atoms with Crippen LogP contribution in [0.4, 0.5) is 0 Å². The van der Waals surface area contributed by atoms with Crippen LogP contribution in [0.25, 0.3) is 0 Å². The van der Waals surface area contributed by atoms with Crippen molar-refractivity contribution >= 4 is 17.6 Å².